The van der Waals surface area contributed by atoms with E-state index in [0.717, 1.165) is 103 Å². The summed E-state index contributed by atoms with van der Waals surface area (Å²) in [7, 11) is 0. The van der Waals surface area contributed by atoms with E-state index in [1.807, 2.05) is 0 Å². The molecule has 3 unspecified atom stereocenters. The molecule has 2 N–H and O–H groups in total. The van der Waals surface area contributed by atoms with Crippen LogP contribution in [0.4, 0.5) is 0 Å². The Labute approximate surface area is 404 Å². The van der Waals surface area contributed by atoms with Crippen LogP contribution in [0.2, 0.25) is 0 Å². The van der Waals surface area contributed by atoms with Crippen LogP contribution in [0, 0.1) is 5.92 Å². The number of esters is 2. The summed E-state index contributed by atoms with van der Waals surface area (Å²) in [6.45, 7) is 12.0. The van der Waals surface area contributed by atoms with Crippen molar-refractivity contribution in [2.24, 2.45) is 5.92 Å². The molecule has 1 fully saturated rings. The van der Waals surface area contributed by atoms with Gasteiger partial charge in [-0.25, -0.2) is 0 Å². The van der Waals surface area contributed by atoms with Crippen molar-refractivity contribution in [2.75, 3.05) is 39.4 Å². The number of carbonyl (C=O) groups excluding carboxylic acids is 2. The zero-order chi connectivity index (χ0) is 46.9. The Kier molecular flexibility index (Phi) is 46.0. The van der Waals surface area contributed by atoms with Gasteiger partial charge in [0.25, 0.3) is 0 Å². The van der Waals surface area contributed by atoms with Gasteiger partial charge in [-0.15, -0.1) is 0 Å². The molecule has 0 aromatic heterocycles. The molecule has 1 aliphatic rings. The van der Waals surface area contributed by atoms with E-state index in [4.69, 9.17) is 9.47 Å². The van der Waals surface area contributed by atoms with E-state index in [1.54, 1.807) is 0 Å². The minimum atomic E-state index is -0.360. The predicted octanol–water partition coefficient (Wildman–Crippen LogP) is 16.1. The Balaban J connectivity index is 2.20. The van der Waals surface area contributed by atoms with Crippen LogP contribution < -0.4 is 5.32 Å². The highest BCUT2D eigenvalue weighted by Gasteiger charge is 2.21. The molecule has 0 spiro atoms. The molecule has 0 bridgehead atoms. The second-order valence-corrected chi connectivity index (χ2v) is 19.9. The third-order valence-electron chi connectivity index (χ3n) is 13.9. The number of likely N-dealkylation sites (tertiary alicyclic amines) is 1. The van der Waals surface area contributed by atoms with Gasteiger partial charge in [0, 0.05) is 25.4 Å². The molecule has 0 aliphatic carbocycles. The lowest BCUT2D eigenvalue weighted by Gasteiger charge is -2.35. The molecule has 0 aromatic carbocycles. The van der Waals surface area contributed by atoms with Gasteiger partial charge in [-0.1, -0.05) is 161 Å². The molecule has 65 heavy (non-hydrogen) atoms. The lowest BCUT2D eigenvalue weighted by atomic mass is 9.92. The fourth-order valence-corrected chi connectivity index (χ4v) is 9.51. The minimum Gasteiger partial charge on any atom is -0.466 e. The summed E-state index contributed by atoms with van der Waals surface area (Å²) < 4.78 is 11.2. The van der Waals surface area contributed by atoms with Gasteiger partial charge in [-0.05, 0) is 154 Å². The number of carbonyl (C=O) groups is 2. The van der Waals surface area contributed by atoms with Crippen LogP contribution in [0.5, 0.6) is 0 Å². The van der Waals surface area contributed by atoms with Crippen LogP contribution >= 0.6 is 0 Å². The number of unbranched alkanes of at least 4 members (excludes halogenated alkanes) is 25. The fourth-order valence-electron chi connectivity index (χ4n) is 9.51. The van der Waals surface area contributed by atoms with Gasteiger partial charge in [0.2, 0.25) is 0 Å². The van der Waals surface area contributed by atoms with Crippen molar-refractivity contribution in [3.63, 3.8) is 0 Å². The van der Waals surface area contributed by atoms with Crippen molar-refractivity contribution in [3.05, 3.63) is 24.3 Å². The van der Waals surface area contributed by atoms with Crippen molar-refractivity contribution in [1.29, 1.82) is 0 Å². The van der Waals surface area contributed by atoms with E-state index in [1.165, 1.54) is 173 Å². The fraction of sp³-hybridized carbons (Fsp3) is 0.897. The first-order valence-corrected chi connectivity index (χ1v) is 28.8. The van der Waals surface area contributed by atoms with Crippen molar-refractivity contribution >= 4 is 11.9 Å². The summed E-state index contributed by atoms with van der Waals surface area (Å²) in [6.07, 6.45) is 55.4. The van der Waals surface area contributed by atoms with E-state index in [-0.39, 0.29) is 24.0 Å². The summed E-state index contributed by atoms with van der Waals surface area (Å²) in [5, 5.41) is 15.0. The third-order valence-corrected chi connectivity index (χ3v) is 13.9. The number of hydrogen-bond donors (Lipinski definition) is 2. The molecule has 0 aromatic rings. The maximum absolute atomic E-state index is 12.4. The number of nitrogens with one attached hydrogen (secondary N) is 1. The van der Waals surface area contributed by atoms with Crippen molar-refractivity contribution < 1.29 is 24.2 Å². The number of rotatable bonds is 49. The first-order valence-electron chi connectivity index (χ1n) is 28.8. The summed E-state index contributed by atoms with van der Waals surface area (Å²) in [5.41, 5.74) is 0. The molecule has 1 aliphatic heterocycles. The largest absolute Gasteiger partial charge is 0.466 e. The predicted molar refractivity (Wildman–Crippen MR) is 280 cm³/mol. The zero-order valence-electron chi connectivity index (χ0n) is 43.6. The standard InChI is InChI=1S/C58H110N2O5/c1-4-7-9-11-13-15-17-19-21-23-25-27-29-31-35-46-57(62)64-51-40-33-34-45-56(61)54(53-59-48-42-50-60-49-39-37-44-55(60)6-3)43-38-41-52-65-58(63)47-36-32-30-28-26-24-22-20-18-16-14-12-10-8-5-2/h19-22,54-56,59,61H,4-18,23-53H2,1-3H3/b21-19-,22-20-. The van der Waals surface area contributed by atoms with Crippen LogP contribution in [0.25, 0.3) is 0 Å². The molecule has 3 atom stereocenters. The number of aliphatic hydroxyl groups is 1. The zero-order valence-corrected chi connectivity index (χ0v) is 43.6. The molecule has 1 saturated heterocycles. The second kappa shape index (κ2) is 48.7. The highest BCUT2D eigenvalue weighted by molar-refractivity contribution is 5.69. The van der Waals surface area contributed by atoms with Crippen molar-refractivity contribution in [1.82, 2.24) is 10.2 Å². The van der Waals surface area contributed by atoms with Gasteiger partial charge in [0.1, 0.15) is 0 Å². The Bertz CT molecular complexity index is 1080. The Morgan fingerprint density at radius 3 is 1.51 bits per heavy atom. The molecular formula is C58H110N2O5. The number of piperidine rings is 1. The highest BCUT2D eigenvalue weighted by atomic mass is 16.5. The third kappa shape index (κ3) is 41.0. The van der Waals surface area contributed by atoms with Crippen LogP contribution in [-0.4, -0.2) is 73.5 Å². The maximum Gasteiger partial charge on any atom is 0.305 e. The van der Waals surface area contributed by atoms with E-state index >= 15 is 0 Å². The number of aliphatic hydroxyl groups excluding tert-OH is 1. The van der Waals surface area contributed by atoms with E-state index in [9.17, 15) is 14.7 Å². The second-order valence-electron chi connectivity index (χ2n) is 19.9. The first kappa shape index (κ1) is 61.3. The van der Waals surface area contributed by atoms with Gasteiger partial charge < -0.3 is 24.8 Å². The lowest BCUT2D eigenvalue weighted by molar-refractivity contribution is -0.144. The number of hydrogen-bond acceptors (Lipinski definition) is 7. The lowest BCUT2D eigenvalue weighted by Crippen LogP contribution is -2.40. The average Bonchev–Trinajstić information content (AvgIpc) is 3.31. The molecule has 382 valence electrons. The van der Waals surface area contributed by atoms with Gasteiger partial charge in [0.15, 0.2) is 0 Å². The maximum atomic E-state index is 12.4. The quantitative estimate of drug-likeness (QED) is 0.0357. The van der Waals surface area contributed by atoms with Crippen LogP contribution in [0.15, 0.2) is 24.3 Å². The summed E-state index contributed by atoms with van der Waals surface area (Å²) >= 11 is 0. The highest BCUT2D eigenvalue weighted by Crippen LogP contribution is 2.21. The topological polar surface area (TPSA) is 88.1 Å². The SMILES string of the molecule is CCCCCCCC/C=C\CCCCCCCC(=O)OCCCCCC(O)C(CCCCOC(=O)CCCCCCC/C=C\CCCCCCCC)CNCCCN1CCCCC1CC. The van der Waals surface area contributed by atoms with E-state index in [2.05, 4.69) is 55.3 Å². The number of nitrogens with zero attached hydrogens (tertiary/aromatic N) is 1. The molecule has 0 saturated carbocycles. The van der Waals surface area contributed by atoms with Crippen LogP contribution in [0.3, 0.4) is 0 Å². The summed E-state index contributed by atoms with van der Waals surface area (Å²) in [5.74, 6) is 0.0609. The molecule has 1 rings (SSSR count). The molecule has 7 heteroatoms. The summed E-state index contributed by atoms with van der Waals surface area (Å²) in [4.78, 5) is 27.4. The molecule has 7 nitrogen and oxygen atoms in total. The van der Waals surface area contributed by atoms with Crippen molar-refractivity contribution in [3.8, 4) is 0 Å². The molecule has 0 amide bonds. The normalized spacial score (nSPS) is 15.6. The molecule has 0 radical (unpaired) electrons. The monoisotopic (exact) mass is 915 g/mol. The van der Waals surface area contributed by atoms with Crippen LogP contribution in [-0.2, 0) is 19.1 Å². The van der Waals surface area contributed by atoms with Gasteiger partial charge in [-0.3, -0.25) is 9.59 Å². The Hall–Kier alpha value is -1.70. The number of allylic oxidation sites excluding steroid dienone is 4. The minimum absolute atomic E-state index is 0.0614. The Morgan fingerprint density at radius 1 is 0.554 bits per heavy atom. The average molecular weight is 916 g/mol. The smallest absolute Gasteiger partial charge is 0.305 e. The molecular weight excluding hydrogens is 805 g/mol. The first-order chi connectivity index (χ1) is 32.0. The van der Waals surface area contributed by atoms with Crippen LogP contribution in [0.1, 0.15) is 278 Å². The van der Waals surface area contributed by atoms with Gasteiger partial charge in [0.05, 0.1) is 19.3 Å². The molecule has 1 heterocycles. The van der Waals surface area contributed by atoms with E-state index in [0.29, 0.717) is 26.1 Å². The van der Waals surface area contributed by atoms with Gasteiger partial charge >= 0.3 is 11.9 Å². The summed E-state index contributed by atoms with van der Waals surface area (Å²) in [6, 6.07) is 0.745. The van der Waals surface area contributed by atoms with E-state index < -0.39 is 0 Å². The van der Waals surface area contributed by atoms with Gasteiger partial charge in [-0.2, -0.15) is 0 Å². The number of ether oxygens (including phenoxy) is 2. The Morgan fingerprint density at radius 2 is 1.00 bits per heavy atom. The van der Waals surface area contributed by atoms with Crippen molar-refractivity contribution in [2.45, 2.75) is 290 Å².